The van der Waals surface area contributed by atoms with Crippen molar-refractivity contribution in [2.45, 2.75) is 6.54 Å². The number of nitrogens with one attached hydrogen (secondary N) is 2. The lowest BCUT2D eigenvalue weighted by atomic mass is 10.2. The molecule has 0 bridgehead atoms. The van der Waals surface area contributed by atoms with Gasteiger partial charge in [-0.05, 0) is 18.2 Å². The van der Waals surface area contributed by atoms with Gasteiger partial charge in [0.05, 0.1) is 17.8 Å². The second-order valence-corrected chi connectivity index (χ2v) is 4.11. The minimum atomic E-state index is 0.369. The van der Waals surface area contributed by atoms with Gasteiger partial charge >= 0.3 is 0 Å². The summed E-state index contributed by atoms with van der Waals surface area (Å²) in [5.74, 6) is 6.47. The highest BCUT2D eigenvalue weighted by atomic mass is 15.3. The third kappa shape index (κ3) is 2.47. The Morgan fingerprint density at radius 1 is 1.10 bits per heavy atom. The fraction of sp³-hybridized carbons (Fsp3) is 0.0769. The molecule has 100 valence electrons. The largest absolute Gasteiger partial charge is 0.364 e. The maximum absolute atomic E-state index is 5.39. The van der Waals surface area contributed by atoms with Gasteiger partial charge in [-0.15, -0.1) is 0 Å². The Labute approximate surface area is 115 Å². The van der Waals surface area contributed by atoms with Crippen molar-refractivity contribution in [3.8, 4) is 0 Å². The molecule has 4 N–H and O–H groups in total. The summed E-state index contributed by atoms with van der Waals surface area (Å²) >= 11 is 0. The molecule has 3 rings (SSSR count). The molecule has 0 saturated carbocycles. The van der Waals surface area contributed by atoms with Crippen LogP contribution in [0.5, 0.6) is 0 Å². The van der Waals surface area contributed by atoms with E-state index in [2.05, 4.69) is 30.7 Å². The van der Waals surface area contributed by atoms with Crippen molar-refractivity contribution in [1.82, 2.24) is 19.9 Å². The van der Waals surface area contributed by atoms with Crippen molar-refractivity contribution >= 4 is 22.7 Å². The first-order chi connectivity index (χ1) is 9.86. The van der Waals surface area contributed by atoms with Gasteiger partial charge in [0.1, 0.15) is 12.1 Å². The average Bonchev–Trinajstić information content (AvgIpc) is 2.53. The van der Waals surface area contributed by atoms with E-state index < -0.39 is 0 Å². The Hall–Kier alpha value is -2.80. The Kier molecular flexibility index (Phi) is 3.34. The lowest BCUT2D eigenvalue weighted by Gasteiger charge is -2.10. The third-order valence-electron chi connectivity index (χ3n) is 2.81. The van der Waals surface area contributed by atoms with Gasteiger partial charge in [0, 0.05) is 11.6 Å². The minimum absolute atomic E-state index is 0.369. The molecule has 7 nitrogen and oxygen atoms in total. The molecule has 0 aliphatic carbocycles. The smallest absolute Gasteiger partial charge is 0.239 e. The van der Waals surface area contributed by atoms with Crippen LogP contribution in [0.25, 0.3) is 10.9 Å². The number of nitrogens with two attached hydrogens (primary N) is 1. The molecule has 20 heavy (non-hydrogen) atoms. The van der Waals surface area contributed by atoms with Gasteiger partial charge in [-0.3, -0.25) is 5.43 Å². The topological polar surface area (TPSA) is 102 Å². The molecule has 0 saturated heterocycles. The zero-order valence-corrected chi connectivity index (χ0v) is 10.6. The highest BCUT2D eigenvalue weighted by molar-refractivity contribution is 5.89. The highest BCUT2D eigenvalue weighted by Gasteiger charge is 2.06. The number of aromatic nitrogens is 4. The number of hydrogen-bond donors (Lipinski definition) is 3. The van der Waals surface area contributed by atoms with E-state index in [1.54, 1.807) is 6.20 Å². The van der Waals surface area contributed by atoms with E-state index in [0.29, 0.717) is 18.3 Å². The van der Waals surface area contributed by atoms with Crippen LogP contribution in [0.2, 0.25) is 0 Å². The number of anilines is 2. The lowest BCUT2D eigenvalue weighted by Crippen LogP contribution is -2.12. The lowest BCUT2D eigenvalue weighted by molar-refractivity contribution is 0.995. The molecule has 3 aromatic rings. The van der Waals surface area contributed by atoms with Gasteiger partial charge in [0.25, 0.3) is 0 Å². The fourth-order valence-electron chi connectivity index (χ4n) is 1.87. The summed E-state index contributed by atoms with van der Waals surface area (Å²) in [5.41, 5.74) is 4.17. The monoisotopic (exact) mass is 267 g/mol. The number of rotatable bonds is 4. The molecule has 0 radical (unpaired) electrons. The first-order valence-corrected chi connectivity index (χ1v) is 6.09. The van der Waals surface area contributed by atoms with Gasteiger partial charge < -0.3 is 5.32 Å². The molecule has 0 amide bonds. The summed E-state index contributed by atoms with van der Waals surface area (Å²) in [6.07, 6.45) is 3.22. The molecule has 2 heterocycles. The van der Waals surface area contributed by atoms with Crippen molar-refractivity contribution in [2.75, 3.05) is 10.7 Å². The normalized spacial score (nSPS) is 10.4. The summed E-state index contributed by atoms with van der Waals surface area (Å²) in [6, 6.07) is 9.57. The van der Waals surface area contributed by atoms with E-state index in [1.807, 2.05) is 30.3 Å². The van der Waals surface area contributed by atoms with Gasteiger partial charge in [0.15, 0.2) is 0 Å². The van der Waals surface area contributed by atoms with E-state index in [1.165, 1.54) is 6.33 Å². The van der Waals surface area contributed by atoms with Crippen molar-refractivity contribution in [3.63, 3.8) is 0 Å². The van der Waals surface area contributed by atoms with Gasteiger partial charge in [0.2, 0.25) is 5.95 Å². The number of fused-ring (bicyclic) bond motifs is 1. The molecule has 1 aromatic carbocycles. The summed E-state index contributed by atoms with van der Waals surface area (Å²) in [5, 5.41) is 4.17. The van der Waals surface area contributed by atoms with E-state index in [4.69, 9.17) is 5.84 Å². The first kappa shape index (κ1) is 12.2. The molecule has 0 spiro atoms. The van der Waals surface area contributed by atoms with E-state index in [-0.39, 0.29) is 0 Å². The predicted octanol–water partition coefficient (Wildman–Crippen LogP) is 1.32. The Bertz CT molecular complexity index is 714. The molecule has 0 atom stereocenters. The van der Waals surface area contributed by atoms with E-state index in [9.17, 15) is 0 Å². The van der Waals surface area contributed by atoms with Gasteiger partial charge in [-0.25, -0.2) is 20.8 Å². The van der Waals surface area contributed by atoms with E-state index in [0.717, 1.165) is 16.6 Å². The van der Waals surface area contributed by atoms with Crippen LogP contribution in [-0.4, -0.2) is 19.9 Å². The zero-order chi connectivity index (χ0) is 13.8. The Balaban J connectivity index is 1.93. The van der Waals surface area contributed by atoms with Crippen LogP contribution in [0, 0.1) is 0 Å². The number of nitrogen functional groups attached to an aromatic ring is 1. The van der Waals surface area contributed by atoms with E-state index >= 15 is 0 Å². The molecule has 0 unspecified atom stereocenters. The Morgan fingerprint density at radius 2 is 2.00 bits per heavy atom. The van der Waals surface area contributed by atoms with Crippen LogP contribution in [0.1, 0.15) is 5.69 Å². The summed E-state index contributed by atoms with van der Waals surface area (Å²) in [6.45, 7) is 0.549. The van der Waals surface area contributed by atoms with Crippen LogP contribution >= 0.6 is 0 Å². The van der Waals surface area contributed by atoms with Crippen molar-refractivity contribution < 1.29 is 0 Å². The van der Waals surface area contributed by atoms with Gasteiger partial charge in [-0.2, -0.15) is 4.98 Å². The quantitative estimate of drug-likeness (QED) is 0.484. The molecule has 7 heteroatoms. The molecular weight excluding hydrogens is 254 g/mol. The van der Waals surface area contributed by atoms with Crippen molar-refractivity contribution in [3.05, 3.63) is 48.5 Å². The second kappa shape index (κ2) is 5.45. The maximum Gasteiger partial charge on any atom is 0.239 e. The van der Waals surface area contributed by atoms with Crippen LogP contribution in [-0.2, 0) is 6.54 Å². The van der Waals surface area contributed by atoms with Crippen LogP contribution in [0.4, 0.5) is 11.8 Å². The maximum atomic E-state index is 5.39. The van der Waals surface area contributed by atoms with Crippen LogP contribution in [0.3, 0.4) is 0 Å². The Morgan fingerprint density at radius 3 is 2.80 bits per heavy atom. The molecule has 0 aliphatic heterocycles. The zero-order valence-electron chi connectivity index (χ0n) is 10.6. The summed E-state index contributed by atoms with van der Waals surface area (Å²) in [4.78, 5) is 16.7. The average molecular weight is 267 g/mol. The number of para-hydroxylation sites is 1. The van der Waals surface area contributed by atoms with Crippen LogP contribution < -0.4 is 16.6 Å². The molecule has 0 fully saturated rings. The number of hydrogen-bond acceptors (Lipinski definition) is 7. The standard InChI is InChI=1S/C13H13N7/c14-20-13-18-11-4-2-1-3-10(11)12(19-13)16-7-9-5-6-15-8-17-9/h1-6,8H,7,14H2,(H2,16,18,19,20). The SMILES string of the molecule is NNc1nc(NCc2ccncn2)c2ccccc2n1. The summed E-state index contributed by atoms with van der Waals surface area (Å²) < 4.78 is 0. The highest BCUT2D eigenvalue weighted by Crippen LogP contribution is 2.21. The molecular formula is C13H13N7. The van der Waals surface area contributed by atoms with Crippen molar-refractivity contribution in [2.24, 2.45) is 5.84 Å². The predicted molar refractivity (Wildman–Crippen MR) is 76.7 cm³/mol. The van der Waals surface area contributed by atoms with Gasteiger partial charge in [-0.1, -0.05) is 12.1 Å². The third-order valence-corrected chi connectivity index (χ3v) is 2.81. The second-order valence-electron chi connectivity index (χ2n) is 4.11. The summed E-state index contributed by atoms with van der Waals surface area (Å²) in [7, 11) is 0. The number of hydrazine groups is 1. The number of benzene rings is 1. The van der Waals surface area contributed by atoms with Crippen molar-refractivity contribution in [1.29, 1.82) is 0 Å². The minimum Gasteiger partial charge on any atom is -0.364 e. The first-order valence-electron chi connectivity index (χ1n) is 6.09. The molecule has 0 aliphatic rings. The number of nitrogens with zero attached hydrogens (tertiary/aromatic N) is 4. The molecule has 2 aromatic heterocycles. The van der Waals surface area contributed by atoms with Crippen LogP contribution in [0.15, 0.2) is 42.9 Å². The fourth-order valence-corrected chi connectivity index (χ4v) is 1.87.